The molecule has 3 aromatic rings. The molecule has 0 saturated heterocycles. The average Bonchev–Trinajstić information content (AvgIpc) is 3.33. The minimum Gasteiger partial charge on any atom is -0.454 e. The van der Waals surface area contributed by atoms with Gasteiger partial charge in [0.15, 0.2) is 5.76 Å². The number of aryl methyl sites for hydroxylation is 1. The largest absolute Gasteiger partial charge is 0.454 e. The number of hydrogen-bond donors (Lipinski definition) is 1. The van der Waals surface area contributed by atoms with E-state index < -0.39 is 4.92 Å². The highest BCUT2D eigenvalue weighted by atomic mass is 16.6. The van der Waals surface area contributed by atoms with E-state index >= 15 is 0 Å². The van der Waals surface area contributed by atoms with Gasteiger partial charge in [-0.15, -0.1) is 0 Å². The molecule has 0 aliphatic carbocycles. The van der Waals surface area contributed by atoms with Gasteiger partial charge < -0.3 is 9.73 Å². The second-order valence-corrected chi connectivity index (χ2v) is 5.30. The number of nitrogens with zero attached hydrogens (tertiary/aromatic N) is 5. The number of hydrogen-bond acceptors (Lipinski definition) is 6. The number of carbonyl (C=O) groups excluding carboxylic acids is 1. The van der Waals surface area contributed by atoms with Crippen LogP contribution < -0.4 is 5.32 Å². The summed E-state index contributed by atoms with van der Waals surface area (Å²) < 4.78 is 8.63. The molecule has 0 aromatic carbocycles. The van der Waals surface area contributed by atoms with Gasteiger partial charge >= 0.3 is 5.69 Å². The molecule has 10 heteroatoms. The molecule has 0 aliphatic rings. The van der Waals surface area contributed by atoms with Crippen molar-refractivity contribution in [1.82, 2.24) is 24.9 Å². The molecule has 130 valence electrons. The molecular weight excluding hydrogens is 328 g/mol. The number of carbonyl (C=O) groups is 1. The quantitative estimate of drug-likeness (QED) is 0.375. The van der Waals surface area contributed by atoms with Crippen LogP contribution in [0, 0.1) is 10.1 Å². The Morgan fingerprint density at radius 3 is 2.92 bits per heavy atom. The van der Waals surface area contributed by atoms with Crippen molar-refractivity contribution in [1.29, 1.82) is 0 Å². The molecule has 1 amide bonds. The highest BCUT2D eigenvalue weighted by Crippen LogP contribution is 2.12. The van der Waals surface area contributed by atoms with Crippen LogP contribution >= 0.6 is 0 Å². The summed E-state index contributed by atoms with van der Waals surface area (Å²) in [5.74, 6) is 0.369. The Bertz CT molecular complexity index is 851. The van der Waals surface area contributed by atoms with Gasteiger partial charge in [0.1, 0.15) is 18.2 Å². The van der Waals surface area contributed by atoms with Crippen molar-refractivity contribution in [2.24, 2.45) is 0 Å². The van der Waals surface area contributed by atoms with Gasteiger partial charge in [-0.05, 0) is 24.6 Å². The zero-order chi connectivity index (χ0) is 17.6. The molecule has 0 unspecified atom stereocenters. The van der Waals surface area contributed by atoms with Crippen LogP contribution in [0.2, 0.25) is 0 Å². The summed E-state index contributed by atoms with van der Waals surface area (Å²) in [6.45, 7) is 1.43. The van der Waals surface area contributed by atoms with E-state index in [-0.39, 0.29) is 23.9 Å². The summed E-state index contributed by atoms with van der Waals surface area (Å²) in [7, 11) is 0. The van der Waals surface area contributed by atoms with Gasteiger partial charge in [-0.2, -0.15) is 10.2 Å². The van der Waals surface area contributed by atoms with Gasteiger partial charge in [0.2, 0.25) is 0 Å². The fraction of sp³-hybridized carbons (Fsp3) is 0.267. The minimum atomic E-state index is -0.520. The van der Waals surface area contributed by atoms with Crippen molar-refractivity contribution in [2.45, 2.75) is 19.5 Å². The van der Waals surface area contributed by atoms with Gasteiger partial charge in [0.25, 0.3) is 5.91 Å². The Morgan fingerprint density at radius 2 is 2.20 bits per heavy atom. The molecule has 0 atom stereocenters. The van der Waals surface area contributed by atoms with E-state index in [4.69, 9.17) is 4.42 Å². The zero-order valence-corrected chi connectivity index (χ0v) is 13.2. The molecule has 10 nitrogen and oxygen atoms in total. The lowest BCUT2D eigenvalue weighted by Gasteiger charge is -2.03. The summed E-state index contributed by atoms with van der Waals surface area (Å²) in [4.78, 5) is 22.1. The first-order chi connectivity index (χ1) is 12.1. The van der Waals surface area contributed by atoms with Crippen LogP contribution in [0.3, 0.4) is 0 Å². The SMILES string of the molecule is O=C(NCCCn1cccn1)c1ccc(Cn2cc([N+](=O)[O-])cn2)o1. The normalized spacial score (nSPS) is 10.7. The molecule has 0 saturated carbocycles. The smallest absolute Gasteiger partial charge is 0.307 e. The van der Waals surface area contributed by atoms with E-state index in [0.717, 1.165) is 19.2 Å². The van der Waals surface area contributed by atoms with Crippen molar-refractivity contribution >= 4 is 11.6 Å². The van der Waals surface area contributed by atoms with Crippen LogP contribution in [0.1, 0.15) is 22.7 Å². The Hall–Kier alpha value is -3.43. The highest BCUT2D eigenvalue weighted by Gasteiger charge is 2.13. The summed E-state index contributed by atoms with van der Waals surface area (Å²) in [5, 5.41) is 21.4. The maximum atomic E-state index is 12.0. The van der Waals surface area contributed by atoms with Gasteiger partial charge in [0.05, 0.1) is 11.5 Å². The first-order valence-corrected chi connectivity index (χ1v) is 7.63. The van der Waals surface area contributed by atoms with E-state index in [1.807, 2.05) is 12.3 Å². The third kappa shape index (κ3) is 4.31. The number of nitrogens with one attached hydrogen (secondary N) is 1. The van der Waals surface area contributed by atoms with Gasteiger partial charge in [-0.25, -0.2) is 0 Å². The number of aromatic nitrogens is 4. The van der Waals surface area contributed by atoms with E-state index in [2.05, 4.69) is 15.5 Å². The van der Waals surface area contributed by atoms with Crippen molar-refractivity contribution in [3.05, 3.63) is 64.6 Å². The first-order valence-electron chi connectivity index (χ1n) is 7.63. The highest BCUT2D eigenvalue weighted by molar-refractivity contribution is 5.91. The van der Waals surface area contributed by atoms with Gasteiger partial charge in [-0.3, -0.25) is 24.3 Å². The first kappa shape index (κ1) is 16.4. The lowest BCUT2D eigenvalue weighted by molar-refractivity contribution is -0.385. The number of rotatable bonds is 8. The second kappa shape index (κ2) is 7.43. The molecule has 0 aliphatic heterocycles. The van der Waals surface area contributed by atoms with Crippen LogP contribution in [-0.4, -0.2) is 36.9 Å². The summed E-state index contributed by atoms with van der Waals surface area (Å²) in [6, 6.07) is 5.05. The van der Waals surface area contributed by atoms with Crippen LogP contribution in [0.5, 0.6) is 0 Å². The molecule has 0 radical (unpaired) electrons. The summed E-state index contributed by atoms with van der Waals surface area (Å²) >= 11 is 0. The van der Waals surface area contributed by atoms with Crippen LogP contribution in [0.25, 0.3) is 0 Å². The van der Waals surface area contributed by atoms with Crippen molar-refractivity contribution in [3.8, 4) is 0 Å². The Kier molecular flexibility index (Phi) is 4.88. The van der Waals surface area contributed by atoms with Crippen LogP contribution in [0.15, 0.2) is 47.4 Å². The number of nitro groups is 1. The topological polar surface area (TPSA) is 121 Å². The molecular formula is C15H16N6O4. The molecule has 3 rings (SSSR count). The van der Waals surface area contributed by atoms with E-state index in [1.54, 1.807) is 23.0 Å². The average molecular weight is 344 g/mol. The standard InChI is InChI=1S/C15H16N6O4/c22-15(16-5-1-7-19-8-2-6-17-19)14-4-3-13(25-14)11-20-10-12(9-18-20)21(23)24/h2-4,6,8-10H,1,5,7,11H2,(H,16,22). The number of furan rings is 1. The molecule has 0 spiro atoms. The van der Waals surface area contributed by atoms with Gasteiger partial charge in [-0.1, -0.05) is 0 Å². The predicted molar refractivity (Wildman–Crippen MR) is 85.9 cm³/mol. The van der Waals surface area contributed by atoms with Crippen molar-refractivity contribution < 1.29 is 14.1 Å². The number of amides is 1. The van der Waals surface area contributed by atoms with Crippen molar-refractivity contribution in [2.75, 3.05) is 6.54 Å². The maximum Gasteiger partial charge on any atom is 0.307 e. The second-order valence-electron chi connectivity index (χ2n) is 5.30. The lowest BCUT2D eigenvalue weighted by Crippen LogP contribution is -2.24. The Morgan fingerprint density at radius 1 is 1.32 bits per heavy atom. The van der Waals surface area contributed by atoms with E-state index in [0.29, 0.717) is 12.3 Å². The zero-order valence-electron chi connectivity index (χ0n) is 13.2. The lowest BCUT2D eigenvalue weighted by atomic mass is 10.3. The van der Waals surface area contributed by atoms with Crippen LogP contribution in [-0.2, 0) is 13.1 Å². The molecule has 3 heterocycles. The fourth-order valence-corrected chi connectivity index (χ4v) is 2.24. The van der Waals surface area contributed by atoms with E-state index in [9.17, 15) is 14.9 Å². The molecule has 0 bridgehead atoms. The molecule has 0 fully saturated rings. The third-order valence-corrected chi connectivity index (χ3v) is 3.44. The Labute approximate surface area is 142 Å². The minimum absolute atomic E-state index is 0.0956. The van der Waals surface area contributed by atoms with E-state index in [1.165, 1.54) is 10.9 Å². The Balaban J connectivity index is 1.48. The maximum absolute atomic E-state index is 12.0. The molecule has 1 N–H and O–H groups in total. The van der Waals surface area contributed by atoms with Crippen molar-refractivity contribution in [3.63, 3.8) is 0 Å². The predicted octanol–water partition coefficient (Wildman–Crippen LogP) is 1.45. The third-order valence-electron chi connectivity index (χ3n) is 3.44. The fourth-order valence-electron chi connectivity index (χ4n) is 2.24. The van der Waals surface area contributed by atoms with Gasteiger partial charge in [0, 0.05) is 25.5 Å². The molecule has 25 heavy (non-hydrogen) atoms. The van der Waals surface area contributed by atoms with Crippen LogP contribution in [0.4, 0.5) is 5.69 Å². The monoisotopic (exact) mass is 344 g/mol. The summed E-state index contributed by atoms with van der Waals surface area (Å²) in [5.41, 5.74) is -0.0956. The molecule has 3 aromatic heterocycles. The summed E-state index contributed by atoms with van der Waals surface area (Å²) in [6.07, 6.45) is 6.78.